The zero-order valence-corrected chi connectivity index (χ0v) is 11.6. The van der Waals surface area contributed by atoms with Crippen LogP contribution < -0.4 is 10.1 Å². The third-order valence-corrected chi connectivity index (χ3v) is 4.08. The lowest BCUT2D eigenvalue weighted by molar-refractivity contribution is 0.0252. The van der Waals surface area contributed by atoms with Gasteiger partial charge in [0, 0.05) is 24.9 Å². The van der Waals surface area contributed by atoms with E-state index in [9.17, 15) is 12.8 Å². The minimum Gasteiger partial charge on any atom is -0.495 e. The highest BCUT2D eigenvalue weighted by Crippen LogP contribution is 2.32. The Morgan fingerprint density at radius 1 is 1.47 bits per heavy atom. The third kappa shape index (κ3) is 2.88. The minimum absolute atomic E-state index is 0.00696. The predicted molar refractivity (Wildman–Crippen MR) is 67.6 cm³/mol. The molecule has 0 saturated carbocycles. The first kappa shape index (κ1) is 14.2. The van der Waals surface area contributed by atoms with Crippen molar-refractivity contribution >= 4 is 9.84 Å². The van der Waals surface area contributed by atoms with Crippen LogP contribution in [0.4, 0.5) is 4.39 Å². The van der Waals surface area contributed by atoms with Gasteiger partial charge in [0.1, 0.15) is 10.6 Å². The molecule has 1 aromatic rings. The van der Waals surface area contributed by atoms with Gasteiger partial charge in [0.2, 0.25) is 0 Å². The van der Waals surface area contributed by atoms with Crippen LogP contribution in [0.5, 0.6) is 5.75 Å². The molecule has 0 aliphatic carbocycles. The second-order valence-electron chi connectivity index (χ2n) is 4.34. The Balaban J connectivity index is 2.53. The van der Waals surface area contributed by atoms with Crippen molar-refractivity contribution in [3.8, 4) is 5.75 Å². The SMILES string of the molecule is COc1ccc(C2CNCCO2)c(F)c1S(C)(=O)=O. The van der Waals surface area contributed by atoms with Crippen molar-refractivity contribution in [1.82, 2.24) is 5.32 Å². The van der Waals surface area contributed by atoms with Crippen LogP contribution >= 0.6 is 0 Å². The summed E-state index contributed by atoms with van der Waals surface area (Å²) in [5.41, 5.74) is 0.230. The molecule has 0 radical (unpaired) electrons. The fraction of sp³-hybridized carbons (Fsp3) is 0.500. The van der Waals surface area contributed by atoms with Crippen LogP contribution in [0.2, 0.25) is 0 Å². The molecule has 7 heteroatoms. The Morgan fingerprint density at radius 3 is 2.74 bits per heavy atom. The van der Waals surface area contributed by atoms with Crippen LogP contribution in [-0.4, -0.2) is 41.5 Å². The van der Waals surface area contributed by atoms with Gasteiger partial charge >= 0.3 is 0 Å². The van der Waals surface area contributed by atoms with Gasteiger partial charge < -0.3 is 14.8 Å². The van der Waals surface area contributed by atoms with Gasteiger partial charge in [0.05, 0.1) is 19.8 Å². The summed E-state index contributed by atoms with van der Waals surface area (Å²) in [6, 6.07) is 2.95. The molecule has 19 heavy (non-hydrogen) atoms. The summed E-state index contributed by atoms with van der Waals surface area (Å²) in [6.45, 7) is 1.62. The van der Waals surface area contributed by atoms with Gasteiger partial charge in [-0.25, -0.2) is 12.8 Å². The fourth-order valence-corrected chi connectivity index (χ4v) is 3.03. The first-order valence-electron chi connectivity index (χ1n) is 5.84. The molecule has 1 heterocycles. The molecular formula is C12H16FNO4S. The molecule has 5 nitrogen and oxygen atoms in total. The molecule has 1 aliphatic rings. The Labute approximate surface area is 111 Å². The van der Waals surface area contributed by atoms with E-state index < -0.39 is 26.7 Å². The molecule has 1 aromatic carbocycles. The molecule has 0 spiro atoms. The average Bonchev–Trinajstić information content (AvgIpc) is 2.37. The maximum atomic E-state index is 14.4. The number of rotatable bonds is 3. The summed E-state index contributed by atoms with van der Waals surface area (Å²) in [5.74, 6) is -0.789. The summed E-state index contributed by atoms with van der Waals surface area (Å²) >= 11 is 0. The van der Waals surface area contributed by atoms with Gasteiger partial charge in [0.15, 0.2) is 15.7 Å². The van der Waals surface area contributed by atoms with Gasteiger partial charge in [0.25, 0.3) is 0 Å². The lowest BCUT2D eigenvalue weighted by atomic mass is 10.1. The van der Waals surface area contributed by atoms with E-state index in [-0.39, 0.29) is 11.3 Å². The highest BCUT2D eigenvalue weighted by atomic mass is 32.2. The fourth-order valence-electron chi connectivity index (χ4n) is 2.07. The summed E-state index contributed by atoms with van der Waals surface area (Å²) in [5, 5.41) is 3.07. The van der Waals surface area contributed by atoms with Gasteiger partial charge in [-0.3, -0.25) is 0 Å². The summed E-state index contributed by atoms with van der Waals surface area (Å²) < 4.78 is 48.2. The number of methoxy groups -OCH3 is 1. The van der Waals surface area contributed by atoms with Gasteiger partial charge in [-0.2, -0.15) is 0 Å². The Hall–Kier alpha value is -1.18. The van der Waals surface area contributed by atoms with Crippen molar-refractivity contribution in [3.05, 3.63) is 23.5 Å². The molecule has 1 aliphatic heterocycles. The molecule has 1 fully saturated rings. The summed E-state index contributed by atoms with van der Waals surface area (Å²) in [4.78, 5) is -0.415. The normalized spacial score (nSPS) is 20.3. The van der Waals surface area contributed by atoms with Crippen molar-refractivity contribution in [2.45, 2.75) is 11.0 Å². The monoisotopic (exact) mass is 289 g/mol. The minimum atomic E-state index is -3.71. The molecule has 1 saturated heterocycles. The van der Waals surface area contributed by atoms with Crippen LogP contribution in [0.15, 0.2) is 17.0 Å². The van der Waals surface area contributed by atoms with E-state index in [1.165, 1.54) is 19.2 Å². The molecule has 0 amide bonds. The van der Waals surface area contributed by atoms with Crippen molar-refractivity contribution in [3.63, 3.8) is 0 Å². The van der Waals surface area contributed by atoms with Crippen LogP contribution in [0, 0.1) is 5.82 Å². The number of morpholine rings is 1. The largest absolute Gasteiger partial charge is 0.495 e. The van der Waals surface area contributed by atoms with Crippen molar-refractivity contribution in [2.75, 3.05) is 33.1 Å². The Morgan fingerprint density at radius 2 is 2.21 bits per heavy atom. The van der Waals surface area contributed by atoms with E-state index in [0.717, 1.165) is 6.26 Å². The topological polar surface area (TPSA) is 64.6 Å². The summed E-state index contributed by atoms with van der Waals surface area (Å²) in [7, 11) is -2.41. The van der Waals surface area contributed by atoms with E-state index in [0.29, 0.717) is 19.7 Å². The molecule has 1 atom stereocenters. The van der Waals surface area contributed by atoms with Crippen molar-refractivity contribution in [1.29, 1.82) is 0 Å². The maximum absolute atomic E-state index is 14.4. The molecule has 2 rings (SSSR count). The molecule has 0 bridgehead atoms. The van der Waals surface area contributed by atoms with E-state index in [1.807, 2.05) is 0 Å². The van der Waals surface area contributed by atoms with E-state index in [1.54, 1.807) is 0 Å². The third-order valence-electron chi connectivity index (χ3n) is 2.96. The molecule has 106 valence electrons. The number of benzene rings is 1. The number of ether oxygens (including phenoxy) is 2. The highest BCUT2D eigenvalue weighted by molar-refractivity contribution is 7.90. The van der Waals surface area contributed by atoms with E-state index >= 15 is 0 Å². The summed E-state index contributed by atoms with van der Waals surface area (Å²) in [6.07, 6.45) is 0.470. The first-order chi connectivity index (χ1) is 8.95. The second kappa shape index (κ2) is 5.44. The zero-order valence-electron chi connectivity index (χ0n) is 10.8. The van der Waals surface area contributed by atoms with Crippen LogP contribution in [-0.2, 0) is 14.6 Å². The Kier molecular flexibility index (Phi) is 4.07. The smallest absolute Gasteiger partial charge is 0.182 e. The first-order valence-corrected chi connectivity index (χ1v) is 7.73. The van der Waals surface area contributed by atoms with Crippen LogP contribution in [0.1, 0.15) is 11.7 Å². The van der Waals surface area contributed by atoms with Crippen molar-refractivity contribution < 1.29 is 22.3 Å². The molecular weight excluding hydrogens is 273 g/mol. The molecule has 1 N–H and O–H groups in total. The Bertz CT molecular complexity index is 567. The zero-order chi connectivity index (χ0) is 14.0. The maximum Gasteiger partial charge on any atom is 0.182 e. The number of hydrogen-bond donors (Lipinski definition) is 1. The molecule has 1 unspecified atom stereocenters. The number of hydrogen-bond acceptors (Lipinski definition) is 5. The van der Waals surface area contributed by atoms with Crippen molar-refractivity contribution in [2.24, 2.45) is 0 Å². The lowest BCUT2D eigenvalue weighted by Crippen LogP contribution is -2.34. The van der Waals surface area contributed by atoms with Gasteiger partial charge in [-0.15, -0.1) is 0 Å². The predicted octanol–water partition coefficient (Wildman–Crippen LogP) is 0.899. The van der Waals surface area contributed by atoms with Gasteiger partial charge in [-0.1, -0.05) is 0 Å². The van der Waals surface area contributed by atoms with Gasteiger partial charge in [-0.05, 0) is 12.1 Å². The van der Waals surface area contributed by atoms with Crippen LogP contribution in [0.3, 0.4) is 0 Å². The number of halogens is 1. The average molecular weight is 289 g/mol. The quantitative estimate of drug-likeness (QED) is 0.895. The van der Waals surface area contributed by atoms with Crippen LogP contribution in [0.25, 0.3) is 0 Å². The lowest BCUT2D eigenvalue weighted by Gasteiger charge is -2.25. The van der Waals surface area contributed by atoms with E-state index in [4.69, 9.17) is 9.47 Å². The van der Waals surface area contributed by atoms with E-state index in [2.05, 4.69) is 5.32 Å². The number of nitrogens with one attached hydrogen (secondary N) is 1. The second-order valence-corrected chi connectivity index (χ2v) is 6.29. The molecule has 0 aromatic heterocycles. The highest BCUT2D eigenvalue weighted by Gasteiger charge is 2.27. The number of sulfone groups is 1. The standard InChI is InChI=1S/C12H16FNO4S/c1-17-9-4-3-8(10-7-14-5-6-18-10)11(13)12(9)19(2,15)16/h3-4,10,14H,5-7H2,1-2H3.